The molecule has 0 radical (unpaired) electrons. The van der Waals surface area contributed by atoms with Crippen LogP contribution in [0.1, 0.15) is 60.3 Å². The Kier molecular flexibility index (Phi) is 7.79. The molecule has 2 aliphatic rings. The number of likely N-dealkylation sites (tertiary alicyclic amines) is 1. The predicted molar refractivity (Wildman–Crippen MR) is 148 cm³/mol. The van der Waals surface area contributed by atoms with Gasteiger partial charge in [0, 0.05) is 25.2 Å². The number of benzene rings is 2. The molecule has 3 aromatic rings. The monoisotopic (exact) mass is 548 g/mol. The molecule has 1 N–H and O–H groups in total. The van der Waals surface area contributed by atoms with Crippen molar-refractivity contribution >= 4 is 29.1 Å². The maximum atomic E-state index is 13.9. The Morgan fingerprint density at radius 2 is 1.97 bits per heavy atom. The van der Waals surface area contributed by atoms with Crippen LogP contribution in [0.5, 0.6) is 0 Å². The van der Waals surface area contributed by atoms with Crippen molar-refractivity contribution in [3.63, 3.8) is 0 Å². The average Bonchev–Trinajstić information content (AvgIpc) is 3.67. The topological polar surface area (TPSA) is 82.6 Å². The number of hydrogen-bond acceptors (Lipinski definition) is 5. The molecule has 0 saturated carbocycles. The third-order valence-corrected chi connectivity index (χ3v) is 8.92. The van der Waals surface area contributed by atoms with E-state index >= 15 is 0 Å². The fourth-order valence-electron chi connectivity index (χ4n) is 5.56. The summed E-state index contributed by atoms with van der Waals surface area (Å²) in [6.07, 6.45) is 1.99. The third-order valence-electron chi connectivity index (χ3n) is 7.94. The number of carbonyl (C=O) groups is 3. The summed E-state index contributed by atoms with van der Waals surface area (Å²) in [6.45, 7) is 7.00. The molecule has 2 aliphatic heterocycles. The Bertz CT molecular complexity index is 1390. The highest BCUT2D eigenvalue weighted by molar-refractivity contribution is 7.13. The second-order valence-corrected chi connectivity index (χ2v) is 11.3. The number of aryl methyl sites for hydroxylation is 1. The van der Waals surface area contributed by atoms with Gasteiger partial charge in [-0.1, -0.05) is 50.6 Å². The van der Waals surface area contributed by atoms with Gasteiger partial charge in [0.15, 0.2) is 0 Å². The molecule has 1 fully saturated rings. The van der Waals surface area contributed by atoms with Gasteiger partial charge in [-0.05, 0) is 54.5 Å². The van der Waals surface area contributed by atoms with Gasteiger partial charge >= 0.3 is 0 Å². The van der Waals surface area contributed by atoms with Crippen LogP contribution in [0.4, 0.5) is 4.39 Å². The van der Waals surface area contributed by atoms with Crippen LogP contribution in [0.3, 0.4) is 0 Å². The lowest BCUT2D eigenvalue weighted by Crippen LogP contribution is -2.55. The van der Waals surface area contributed by atoms with Gasteiger partial charge in [-0.25, -0.2) is 9.37 Å². The van der Waals surface area contributed by atoms with Gasteiger partial charge < -0.3 is 15.1 Å². The van der Waals surface area contributed by atoms with Crippen LogP contribution < -0.4 is 5.32 Å². The lowest BCUT2D eigenvalue weighted by molar-refractivity contribution is -0.143. The van der Waals surface area contributed by atoms with Gasteiger partial charge in [-0.2, -0.15) is 0 Å². The number of thiazole rings is 1. The first-order valence-corrected chi connectivity index (χ1v) is 14.3. The van der Waals surface area contributed by atoms with Gasteiger partial charge in [-0.3, -0.25) is 14.4 Å². The fourth-order valence-corrected chi connectivity index (χ4v) is 6.37. The molecule has 0 bridgehead atoms. The van der Waals surface area contributed by atoms with Gasteiger partial charge in [-0.15, -0.1) is 11.3 Å². The second-order valence-electron chi connectivity index (χ2n) is 10.4. The van der Waals surface area contributed by atoms with E-state index in [9.17, 15) is 18.8 Å². The van der Waals surface area contributed by atoms with Crippen LogP contribution >= 0.6 is 11.3 Å². The van der Waals surface area contributed by atoms with Crippen molar-refractivity contribution in [1.29, 1.82) is 0 Å². The van der Waals surface area contributed by atoms with E-state index < -0.39 is 17.9 Å². The Hall–Kier alpha value is -3.59. The van der Waals surface area contributed by atoms with Gasteiger partial charge in [0.05, 0.1) is 16.1 Å². The molecule has 204 valence electrons. The lowest BCUT2D eigenvalue weighted by atomic mass is 9.95. The normalized spacial score (nSPS) is 18.3. The van der Waals surface area contributed by atoms with Crippen LogP contribution in [-0.2, 0) is 22.7 Å². The minimum absolute atomic E-state index is 0.120. The van der Waals surface area contributed by atoms with Crippen LogP contribution in [0, 0.1) is 18.7 Å². The molecule has 3 atom stereocenters. The summed E-state index contributed by atoms with van der Waals surface area (Å²) < 4.78 is 13.8. The predicted octanol–water partition coefficient (Wildman–Crippen LogP) is 4.94. The zero-order valence-electron chi connectivity index (χ0n) is 22.4. The molecule has 7 nitrogen and oxygen atoms in total. The molecule has 0 aliphatic carbocycles. The molecular weight excluding hydrogens is 515 g/mol. The number of carbonyl (C=O) groups excluding carboxylic acids is 3. The summed E-state index contributed by atoms with van der Waals surface area (Å²) in [4.78, 5) is 49.1. The molecule has 1 aromatic heterocycles. The average molecular weight is 549 g/mol. The maximum absolute atomic E-state index is 13.9. The summed E-state index contributed by atoms with van der Waals surface area (Å²) in [5.41, 5.74) is 5.91. The standard InChI is InChI=1S/C30H33FN4O3S/c1-4-18(2)26(35-16-22-11-12-23(31)14-24(22)29(35)37)30(38)34-13-5-6-25(34)28(36)32-15-20-7-9-21(10-8-20)27-19(3)33-17-39-27/h7-12,14,17-18,25-26H,4-6,13,15-16H2,1-3H3,(H,32,36)/t18?,25-,26?/m0/s1. The highest BCUT2D eigenvalue weighted by Gasteiger charge is 2.44. The quantitative estimate of drug-likeness (QED) is 0.433. The SMILES string of the molecule is CCC(C)C(C(=O)N1CCC[C@H]1C(=O)NCc1ccc(-c2scnc2C)cc1)N1Cc2ccc(F)cc2C1=O. The van der Waals surface area contributed by atoms with Crippen molar-refractivity contribution in [1.82, 2.24) is 20.1 Å². The van der Waals surface area contributed by atoms with Crippen LogP contribution in [0.15, 0.2) is 48.0 Å². The molecule has 2 aromatic carbocycles. The number of amides is 3. The summed E-state index contributed by atoms with van der Waals surface area (Å²) in [7, 11) is 0. The van der Waals surface area contributed by atoms with Gasteiger partial charge in [0.2, 0.25) is 11.8 Å². The molecule has 3 amide bonds. The summed E-state index contributed by atoms with van der Waals surface area (Å²) in [5, 5.41) is 3.01. The fraction of sp³-hybridized carbons (Fsp3) is 0.400. The van der Waals surface area contributed by atoms with E-state index in [1.54, 1.807) is 27.2 Å². The number of nitrogens with one attached hydrogen (secondary N) is 1. The largest absolute Gasteiger partial charge is 0.350 e. The summed E-state index contributed by atoms with van der Waals surface area (Å²) in [6, 6.07) is 10.9. The first-order valence-electron chi connectivity index (χ1n) is 13.5. The molecule has 5 rings (SSSR count). The van der Waals surface area contributed by atoms with Crippen molar-refractivity contribution in [2.45, 2.75) is 65.2 Å². The summed E-state index contributed by atoms with van der Waals surface area (Å²) >= 11 is 1.60. The number of rotatable bonds is 8. The van der Waals surface area contributed by atoms with E-state index in [4.69, 9.17) is 0 Å². The minimum atomic E-state index is -0.714. The van der Waals surface area contributed by atoms with E-state index in [-0.39, 0.29) is 30.2 Å². The minimum Gasteiger partial charge on any atom is -0.350 e. The van der Waals surface area contributed by atoms with E-state index in [0.29, 0.717) is 31.5 Å². The van der Waals surface area contributed by atoms with Crippen LogP contribution in [0.25, 0.3) is 10.4 Å². The molecule has 1 saturated heterocycles. The highest BCUT2D eigenvalue weighted by atomic mass is 32.1. The number of fused-ring (bicyclic) bond motifs is 1. The van der Waals surface area contributed by atoms with Crippen molar-refractivity contribution in [3.05, 3.63) is 76.2 Å². The van der Waals surface area contributed by atoms with E-state index in [1.807, 2.05) is 50.5 Å². The second kappa shape index (κ2) is 11.3. The zero-order chi connectivity index (χ0) is 27.7. The molecule has 39 heavy (non-hydrogen) atoms. The van der Waals surface area contributed by atoms with E-state index in [2.05, 4.69) is 10.3 Å². The van der Waals surface area contributed by atoms with Crippen molar-refractivity contribution in [2.24, 2.45) is 5.92 Å². The number of halogens is 1. The Morgan fingerprint density at radius 3 is 2.67 bits per heavy atom. The molecular formula is C30H33FN4O3S. The maximum Gasteiger partial charge on any atom is 0.255 e. The van der Waals surface area contributed by atoms with Crippen molar-refractivity contribution in [3.8, 4) is 10.4 Å². The van der Waals surface area contributed by atoms with Crippen molar-refractivity contribution in [2.75, 3.05) is 6.54 Å². The summed E-state index contributed by atoms with van der Waals surface area (Å²) in [5.74, 6) is -1.33. The number of aromatic nitrogens is 1. The third kappa shape index (κ3) is 5.32. The van der Waals surface area contributed by atoms with E-state index in [0.717, 1.165) is 33.7 Å². The first-order chi connectivity index (χ1) is 18.8. The number of hydrogen-bond donors (Lipinski definition) is 1. The highest BCUT2D eigenvalue weighted by Crippen LogP contribution is 2.32. The van der Waals surface area contributed by atoms with E-state index in [1.165, 1.54) is 12.1 Å². The molecule has 9 heteroatoms. The Balaban J connectivity index is 1.27. The number of nitrogens with zero attached hydrogens (tertiary/aromatic N) is 3. The smallest absolute Gasteiger partial charge is 0.255 e. The Morgan fingerprint density at radius 1 is 1.21 bits per heavy atom. The van der Waals surface area contributed by atoms with Crippen molar-refractivity contribution < 1.29 is 18.8 Å². The van der Waals surface area contributed by atoms with Crippen LogP contribution in [-0.4, -0.2) is 51.1 Å². The first kappa shape index (κ1) is 27.0. The van der Waals surface area contributed by atoms with Crippen LogP contribution in [0.2, 0.25) is 0 Å². The molecule has 2 unspecified atom stereocenters. The Labute approximate surface area is 232 Å². The van der Waals surface area contributed by atoms with Gasteiger partial charge in [0.1, 0.15) is 17.9 Å². The molecule has 3 heterocycles. The lowest BCUT2D eigenvalue weighted by Gasteiger charge is -2.36. The molecule has 0 spiro atoms. The van der Waals surface area contributed by atoms with Gasteiger partial charge in [0.25, 0.3) is 5.91 Å². The zero-order valence-corrected chi connectivity index (χ0v) is 23.3.